The number of rotatable bonds is 7. The predicted molar refractivity (Wildman–Crippen MR) is 92.8 cm³/mol. The molecular weight excluding hydrogens is 308 g/mol. The Hall–Kier alpha value is -2.70. The number of methoxy groups -OCH3 is 3. The lowest BCUT2D eigenvalue weighted by Crippen LogP contribution is -2.06. The molecule has 1 heterocycles. The minimum atomic E-state index is 0.535. The molecule has 1 saturated carbocycles. The van der Waals surface area contributed by atoms with E-state index in [-0.39, 0.29) is 0 Å². The summed E-state index contributed by atoms with van der Waals surface area (Å²) in [5.41, 5.74) is 0.792. The van der Waals surface area contributed by atoms with E-state index in [0.717, 1.165) is 11.5 Å². The maximum atomic E-state index is 5.38. The normalized spacial score (nSPS) is 13.3. The van der Waals surface area contributed by atoms with Crippen LogP contribution in [0.1, 0.15) is 18.7 Å². The molecule has 0 saturated heterocycles. The number of nitrogens with one attached hydrogen (secondary N) is 2. The topological polar surface area (TPSA) is 77.5 Å². The van der Waals surface area contributed by atoms with Crippen LogP contribution >= 0.6 is 0 Å². The second-order valence-electron chi connectivity index (χ2n) is 5.64. The SMILES string of the molecule is COc1cc(Nc2cc(NC3CC3)nc(C)n2)cc(OC)c1OC. The molecular formula is C17H22N4O3. The van der Waals surface area contributed by atoms with Gasteiger partial charge in [-0.05, 0) is 19.8 Å². The number of nitrogens with zero attached hydrogens (tertiary/aromatic N) is 2. The molecule has 1 aliphatic carbocycles. The second-order valence-corrected chi connectivity index (χ2v) is 5.64. The Labute approximate surface area is 141 Å². The molecule has 0 aliphatic heterocycles. The molecule has 3 rings (SSSR count). The molecule has 0 radical (unpaired) electrons. The fourth-order valence-electron chi connectivity index (χ4n) is 2.44. The van der Waals surface area contributed by atoms with Crippen molar-refractivity contribution in [1.82, 2.24) is 9.97 Å². The largest absolute Gasteiger partial charge is 0.493 e. The van der Waals surface area contributed by atoms with E-state index in [9.17, 15) is 0 Å². The average Bonchev–Trinajstić information content (AvgIpc) is 3.37. The van der Waals surface area contributed by atoms with Crippen LogP contribution in [-0.4, -0.2) is 37.3 Å². The first-order valence-electron chi connectivity index (χ1n) is 7.82. The maximum Gasteiger partial charge on any atom is 0.203 e. The van der Waals surface area contributed by atoms with Gasteiger partial charge in [0, 0.05) is 29.9 Å². The van der Waals surface area contributed by atoms with E-state index in [2.05, 4.69) is 20.6 Å². The molecule has 0 unspecified atom stereocenters. The third kappa shape index (κ3) is 3.61. The molecule has 128 valence electrons. The summed E-state index contributed by atoms with van der Waals surface area (Å²) in [5.74, 6) is 3.97. The predicted octanol–water partition coefficient (Wildman–Crippen LogP) is 3.13. The van der Waals surface area contributed by atoms with Crippen molar-refractivity contribution in [3.8, 4) is 17.2 Å². The van der Waals surface area contributed by atoms with Gasteiger partial charge in [0.1, 0.15) is 17.5 Å². The number of hydrogen-bond donors (Lipinski definition) is 2. The Bertz CT molecular complexity index is 707. The van der Waals surface area contributed by atoms with Gasteiger partial charge in [-0.3, -0.25) is 0 Å². The van der Waals surface area contributed by atoms with Gasteiger partial charge in [-0.25, -0.2) is 9.97 Å². The fourth-order valence-corrected chi connectivity index (χ4v) is 2.44. The summed E-state index contributed by atoms with van der Waals surface area (Å²) in [4.78, 5) is 8.85. The van der Waals surface area contributed by atoms with Gasteiger partial charge in [-0.1, -0.05) is 0 Å². The van der Waals surface area contributed by atoms with Gasteiger partial charge < -0.3 is 24.8 Å². The van der Waals surface area contributed by atoms with Crippen LogP contribution in [0.15, 0.2) is 18.2 Å². The van der Waals surface area contributed by atoms with Crippen molar-refractivity contribution < 1.29 is 14.2 Å². The highest BCUT2D eigenvalue weighted by Crippen LogP contribution is 2.40. The number of aryl methyl sites for hydroxylation is 1. The monoisotopic (exact) mass is 330 g/mol. The first-order valence-corrected chi connectivity index (χ1v) is 7.82. The number of benzene rings is 1. The average molecular weight is 330 g/mol. The molecule has 1 aliphatic rings. The summed E-state index contributed by atoms with van der Waals surface area (Å²) in [6.45, 7) is 1.87. The fraction of sp³-hybridized carbons (Fsp3) is 0.412. The molecule has 2 N–H and O–H groups in total. The molecule has 7 heteroatoms. The molecule has 0 atom stereocenters. The third-order valence-electron chi connectivity index (χ3n) is 3.70. The van der Waals surface area contributed by atoms with Gasteiger partial charge in [0.15, 0.2) is 11.5 Å². The van der Waals surface area contributed by atoms with Gasteiger partial charge in [-0.2, -0.15) is 0 Å². The molecule has 0 bridgehead atoms. The van der Waals surface area contributed by atoms with Gasteiger partial charge in [0.2, 0.25) is 5.75 Å². The highest BCUT2D eigenvalue weighted by atomic mass is 16.5. The lowest BCUT2D eigenvalue weighted by atomic mass is 10.2. The third-order valence-corrected chi connectivity index (χ3v) is 3.70. The van der Waals surface area contributed by atoms with Crippen LogP contribution in [-0.2, 0) is 0 Å². The first kappa shape index (κ1) is 16.2. The standard InChI is InChI=1S/C17H22N4O3/c1-10-18-15(20-11-5-6-11)9-16(19-10)21-12-7-13(22-2)17(24-4)14(8-12)23-3/h7-9,11H,5-6H2,1-4H3,(H2,18,19,20,21). The van der Waals surface area contributed by atoms with Crippen molar-refractivity contribution in [3.05, 3.63) is 24.0 Å². The minimum absolute atomic E-state index is 0.535. The number of aromatic nitrogens is 2. The molecule has 1 fully saturated rings. The van der Waals surface area contributed by atoms with E-state index in [0.29, 0.717) is 34.9 Å². The van der Waals surface area contributed by atoms with E-state index < -0.39 is 0 Å². The minimum Gasteiger partial charge on any atom is -0.493 e. The smallest absolute Gasteiger partial charge is 0.203 e. The molecule has 1 aromatic carbocycles. The van der Waals surface area contributed by atoms with Gasteiger partial charge in [0.05, 0.1) is 21.3 Å². The Morgan fingerprint density at radius 1 is 0.917 bits per heavy atom. The van der Waals surface area contributed by atoms with Crippen LogP contribution in [0.2, 0.25) is 0 Å². The van der Waals surface area contributed by atoms with Gasteiger partial charge >= 0.3 is 0 Å². The highest BCUT2D eigenvalue weighted by Gasteiger charge is 2.21. The van der Waals surface area contributed by atoms with E-state index in [1.165, 1.54) is 12.8 Å². The van der Waals surface area contributed by atoms with Crippen molar-refractivity contribution in [2.24, 2.45) is 0 Å². The Balaban J connectivity index is 1.88. The molecule has 2 aromatic rings. The summed E-state index contributed by atoms with van der Waals surface area (Å²) >= 11 is 0. The Morgan fingerprint density at radius 2 is 1.54 bits per heavy atom. The second kappa shape index (κ2) is 6.82. The van der Waals surface area contributed by atoms with E-state index in [1.807, 2.05) is 25.1 Å². The Kier molecular flexibility index (Phi) is 4.59. The van der Waals surface area contributed by atoms with Gasteiger partial charge in [-0.15, -0.1) is 0 Å². The summed E-state index contributed by atoms with van der Waals surface area (Å²) in [7, 11) is 4.76. The van der Waals surface area contributed by atoms with Crippen LogP contribution in [0, 0.1) is 6.92 Å². The summed E-state index contributed by atoms with van der Waals surface area (Å²) in [6, 6.07) is 6.11. The van der Waals surface area contributed by atoms with Crippen molar-refractivity contribution in [2.75, 3.05) is 32.0 Å². The lowest BCUT2D eigenvalue weighted by molar-refractivity contribution is 0.324. The molecule has 1 aromatic heterocycles. The first-order chi connectivity index (χ1) is 11.6. The number of hydrogen-bond acceptors (Lipinski definition) is 7. The summed E-state index contributed by atoms with van der Waals surface area (Å²) in [5, 5.41) is 6.66. The zero-order valence-electron chi connectivity index (χ0n) is 14.3. The quantitative estimate of drug-likeness (QED) is 0.807. The zero-order valence-corrected chi connectivity index (χ0v) is 14.3. The summed E-state index contributed by atoms with van der Waals surface area (Å²) in [6.07, 6.45) is 2.39. The van der Waals surface area contributed by atoms with Gasteiger partial charge in [0.25, 0.3) is 0 Å². The highest BCUT2D eigenvalue weighted by molar-refractivity contribution is 5.67. The van der Waals surface area contributed by atoms with Crippen LogP contribution in [0.3, 0.4) is 0 Å². The van der Waals surface area contributed by atoms with E-state index in [1.54, 1.807) is 21.3 Å². The van der Waals surface area contributed by atoms with E-state index in [4.69, 9.17) is 14.2 Å². The van der Waals surface area contributed by atoms with Crippen LogP contribution in [0.25, 0.3) is 0 Å². The van der Waals surface area contributed by atoms with Crippen LogP contribution in [0.5, 0.6) is 17.2 Å². The number of anilines is 3. The van der Waals surface area contributed by atoms with E-state index >= 15 is 0 Å². The number of ether oxygens (including phenoxy) is 3. The molecule has 7 nitrogen and oxygen atoms in total. The van der Waals surface area contributed by atoms with Crippen molar-refractivity contribution >= 4 is 17.3 Å². The van der Waals surface area contributed by atoms with Crippen molar-refractivity contribution in [2.45, 2.75) is 25.8 Å². The maximum absolute atomic E-state index is 5.38. The van der Waals surface area contributed by atoms with Crippen LogP contribution in [0.4, 0.5) is 17.3 Å². The van der Waals surface area contributed by atoms with Crippen LogP contribution < -0.4 is 24.8 Å². The van der Waals surface area contributed by atoms with Crippen molar-refractivity contribution in [3.63, 3.8) is 0 Å². The zero-order chi connectivity index (χ0) is 17.1. The molecule has 0 spiro atoms. The molecule has 24 heavy (non-hydrogen) atoms. The lowest BCUT2D eigenvalue weighted by Gasteiger charge is -2.15. The Morgan fingerprint density at radius 3 is 2.08 bits per heavy atom. The molecule has 0 amide bonds. The summed E-state index contributed by atoms with van der Waals surface area (Å²) < 4.78 is 16.1. The van der Waals surface area contributed by atoms with Crippen molar-refractivity contribution in [1.29, 1.82) is 0 Å².